The van der Waals surface area contributed by atoms with Crippen molar-refractivity contribution in [1.82, 2.24) is 5.32 Å². The molecule has 2 fully saturated rings. The largest absolute Gasteiger partial charge is 0.497 e. The predicted molar refractivity (Wildman–Crippen MR) is 106 cm³/mol. The highest BCUT2D eigenvalue weighted by Gasteiger charge is 2.44. The maximum absolute atomic E-state index is 5.56. The van der Waals surface area contributed by atoms with Gasteiger partial charge in [0.25, 0.3) is 0 Å². The van der Waals surface area contributed by atoms with Crippen molar-refractivity contribution in [1.29, 1.82) is 0 Å². The van der Waals surface area contributed by atoms with E-state index in [1.165, 1.54) is 12.8 Å². The van der Waals surface area contributed by atoms with Gasteiger partial charge in [0.15, 0.2) is 10.9 Å². The monoisotopic (exact) mass is 372 g/mol. The summed E-state index contributed by atoms with van der Waals surface area (Å²) in [6.07, 6.45) is 6.71. The Hall–Kier alpha value is -2.05. The van der Waals surface area contributed by atoms with Crippen molar-refractivity contribution < 1.29 is 14.1 Å². The number of ether oxygens (including phenoxy) is 1. The van der Waals surface area contributed by atoms with Crippen molar-refractivity contribution in [3.63, 3.8) is 0 Å². The Balaban J connectivity index is 1.30. The van der Waals surface area contributed by atoms with Crippen molar-refractivity contribution in [3.8, 4) is 5.75 Å². The zero-order valence-corrected chi connectivity index (χ0v) is 15.9. The molecule has 0 saturated carbocycles. The molecule has 0 spiro atoms. The summed E-state index contributed by atoms with van der Waals surface area (Å²) in [5.41, 5.74) is 0.979. The average Bonchev–Trinajstić information content (AvgIpc) is 3.22. The Morgan fingerprint density at radius 2 is 1.92 bits per heavy atom. The van der Waals surface area contributed by atoms with E-state index in [4.69, 9.17) is 21.4 Å². The summed E-state index contributed by atoms with van der Waals surface area (Å²) in [5.74, 6) is 1.94. The second-order valence-corrected chi connectivity index (χ2v) is 7.71. The van der Waals surface area contributed by atoms with Gasteiger partial charge in [0.05, 0.1) is 25.5 Å². The molecule has 2 atom stereocenters. The van der Waals surface area contributed by atoms with Gasteiger partial charge in [0, 0.05) is 37.4 Å². The fourth-order valence-electron chi connectivity index (χ4n) is 4.48. The lowest BCUT2D eigenvalue weighted by molar-refractivity contribution is -0.955. The number of thiocarbonyl (C=S) groups is 1. The first-order chi connectivity index (χ1) is 12.7. The minimum absolute atomic E-state index is 0.450. The standard InChI is InChI=1S/C20H25N3O2S/c1-24-18-8-4-14(5-9-18)21-20(26)22-15-11-16-6-7-17(12-15)23(16)13-19-3-2-10-25-19/h2-5,8-10,15-17H,6-7,11-13H2,1H3,(H2,21,22,26)/p+1/t16-,17-/m1/s1. The minimum atomic E-state index is 0.450. The number of quaternary nitrogens is 1. The minimum Gasteiger partial charge on any atom is -0.497 e. The van der Waals surface area contributed by atoms with Crippen LogP contribution in [0.4, 0.5) is 5.69 Å². The molecule has 0 unspecified atom stereocenters. The summed E-state index contributed by atoms with van der Waals surface area (Å²) < 4.78 is 10.7. The van der Waals surface area contributed by atoms with E-state index in [2.05, 4.69) is 16.7 Å². The fraction of sp³-hybridized carbons (Fsp3) is 0.450. The zero-order valence-electron chi connectivity index (χ0n) is 15.0. The van der Waals surface area contributed by atoms with E-state index in [0.717, 1.165) is 36.6 Å². The molecule has 2 aliphatic rings. The number of furan rings is 1. The molecule has 0 amide bonds. The molecule has 26 heavy (non-hydrogen) atoms. The molecule has 0 aliphatic carbocycles. The van der Waals surface area contributed by atoms with Gasteiger partial charge in [-0.25, -0.2) is 0 Å². The van der Waals surface area contributed by atoms with Crippen LogP contribution in [-0.4, -0.2) is 30.3 Å². The molecule has 6 heteroatoms. The van der Waals surface area contributed by atoms with Crippen LogP contribution in [0.1, 0.15) is 31.4 Å². The second kappa shape index (κ2) is 7.68. The molecular weight excluding hydrogens is 346 g/mol. The maximum atomic E-state index is 5.56. The molecule has 3 N–H and O–H groups in total. The van der Waals surface area contributed by atoms with Crippen LogP contribution in [0.3, 0.4) is 0 Å². The first kappa shape index (κ1) is 17.4. The highest BCUT2D eigenvalue weighted by Crippen LogP contribution is 2.24. The highest BCUT2D eigenvalue weighted by molar-refractivity contribution is 7.80. The topological polar surface area (TPSA) is 50.9 Å². The third kappa shape index (κ3) is 3.86. The van der Waals surface area contributed by atoms with Gasteiger partial charge in [-0.2, -0.15) is 0 Å². The zero-order chi connectivity index (χ0) is 17.9. The summed E-state index contributed by atoms with van der Waals surface area (Å²) in [4.78, 5) is 1.69. The number of anilines is 1. The Morgan fingerprint density at radius 1 is 1.19 bits per heavy atom. The number of methoxy groups -OCH3 is 1. The van der Waals surface area contributed by atoms with E-state index in [9.17, 15) is 0 Å². The summed E-state index contributed by atoms with van der Waals surface area (Å²) in [6, 6.07) is 13.7. The van der Waals surface area contributed by atoms with Crippen LogP contribution in [0.5, 0.6) is 5.75 Å². The normalized spacial score (nSPS) is 27.1. The van der Waals surface area contributed by atoms with Crippen LogP contribution in [0.2, 0.25) is 0 Å². The number of fused-ring (bicyclic) bond motifs is 2. The number of hydrogen-bond donors (Lipinski definition) is 3. The molecule has 2 aromatic rings. The first-order valence-electron chi connectivity index (χ1n) is 9.31. The third-order valence-electron chi connectivity index (χ3n) is 5.69. The second-order valence-electron chi connectivity index (χ2n) is 7.30. The van der Waals surface area contributed by atoms with Crippen LogP contribution in [0, 0.1) is 0 Å². The van der Waals surface area contributed by atoms with Gasteiger partial charge >= 0.3 is 0 Å². The molecule has 0 radical (unpaired) electrons. The van der Waals surface area contributed by atoms with Gasteiger partial charge < -0.3 is 24.7 Å². The predicted octanol–water partition coefficient (Wildman–Crippen LogP) is 2.35. The quantitative estimate of drug-likeness (QED) is 0.704. The van der Waals surface area contributed by atoms with Crippen molar-refractivity contribution >= 4 is 23.0 Å². The fourth-order valence-corrected chi connectivity index (χ4v) is 4.76. The maximum Gasteiger partial charge on any atom is 0.171 e. The lowest BCUT2D eigenvalue weighted by Gasteiger charge is -2.36. The summed E-state index contributed by atoms with van der Waals surface area (Å²) in [5, 5.41) is 7.51. The van der Waals surface area contributed by atoms with Gasteiger partial charge in [-0.1, -0.05) is 0 Å². The molecule has 2 bridgehead atoms. The van der Waals surface area contributed by atoms with Crippen molar-refractivity contribution in [2.75, 3.05) is 12.4 Å². The molecule has 138 valence electrons. The Morgan fingerprint density at radius 3 is 2.54 bits per heavy atom. The molecule has 2 saturated heterocycles. The van der Waals surface area contributed by atoms with Gasteiger partial charge in [-0.3, -0.25) is 0 Å². The van der Waals surface area contributed by atoms with Crippen LogP contribution in [-0.2, 0) is 6.54 Å². The van der Waals surface area contributed by atoms with E-state index in [0.29, 0.717) is 23.2 Å². The van der Waals surface area contributed by atoms with Crippen molar-refractivity contribution in [2.45, 2.75) is 50.4 Å². The summed E-state index contributed by atoms with van der Waals surface area (Å²) >= 11 is 5.52. The van der Waals surface area contributed by atoms with Crippen LogP contribution in [0.15, 0.2) is 47.1 Å². The molecule has 1 aromatic heterocycles. The number of benzene rings is 1. The average molecular weight is 373 g/mol. The summed E-state index contributed by atoms with van der Waals surface area (Å²) in [6.45, 7) is 1.00. The number of hydrogen-bond acceptors (Lipinski definition) is 3. The molecule has 2 aliphatic heterocycles. The third-order valence-corrected chi connectivity index (χ3v) is 5.91. The van der Waals surface area contributed by atoms with E-state index < -0.39 is 0 Å². The Kier molecular flexibility index (Phi) is 5.13. The van der Waals surface area contributed by atoms with Gasteiger partial charge in [0.2, 0.25) is 0 Å². The molecule has 3 heterocycles. The SMILES string of the molecule is COc1ccc(NC(=S)NC2C[C@H]3CC[C@H](C2)[NH+]3Cc2ccco2)cc1. The van der Waals surface area contributed by atoms with Crippen molar-refractivity contribution in [2.24, 2.45) is 0 Å². The number of nitrogens with one attached hydrogen (secondary N) is 3. The van der Waals surface area contributed by atoms with Gasteiger partial charge in [-0.15, -0.1) is 0 Å². The summed E-state index contributed by atoms with van der Waals surface area (Å²) in [7, 11) is 1.67. The number of rotatable bonds is 5. The van der Waals surface area contributed by atoms with E-state index in [1.807, 2.05) is 30.3 Å². The smallest absolute Gasteiger partial charge is 0.171 e. The Bertz CT molecular complexity index is 718. The van der Waals surface area contributed by atoms with Gasteiger partial charge in [0.1, 0.15) is 12.3 Å². The molecular formula is C20H26N3O2S+. The van der Waals surface area contributed by atoms with Crippen LogP contribution >= 0.6 is 12.2 Å². The van der Waals surface area contributed by atoms with Crippen molar-refractivity contribution in [3.05, 3.63) is 48.4 Å². The van der Waals surface area contributed by atoms with E-state index in [-0.39, 0.29) is 0 Å². The lowest BCUT2D eigenvalue weighted by Crippen LogP contribution is -3.17. The lowest BCUT2D eigenvalue weighted by atomic mass is 9.97. The van der Waals surface area contributed by atoms with Crippen LogP contribution in [0.25, 0.3) is 0 Å². The first-order valence-corrected chi connectivity index (χ1v) is 9.71. The Labute approximate surface area is 159 Å². The van der Waals surface area contributed by atoms with Gasteiger partial charge in [-0.05, 0) is 48.6 Å². The molecule has 5 nitrogen and oxygen atoms in total. The number of piperidine rings is 1. The highest BCUT2D eigenvalue weighted by atomic mass is 32.1. The molecule has 1 aromatic carbocycles. The molecule has 4 rings (SSSR count). The van der Waals surface area contributed by atoms with E-state index >= 15 is 0 Å². The van der Waals surface area contributed by atoms with E-state index in [1.54, 1.807) is 18.3 Å². The van der Waals surface area contributed by atoms with Crippen LogP contribution < -0.4 is 20.3 Å².